The third-order valence-corrected chi connectivity index (χ3v) is 8.56. The molecule has 0 radical (unpaired) electrons. The monoisotopic (exact) mass is 564 g/mol. The van der Waals surface area contributed by atoms with Crippen molar-refractivity contribution in [2.45, 2.75) is 60.8 Å². The minimum Gasteiger partial charge on any atom is -0.340 e. The third-order valence-electron chi connectivity index (χ3n) is 8.56. The fourth-order valence-corrected chi connectivity index (χ4v) is 6.94. The molecule has 2 aromatic carbocycles. The summed E-state index contributed by atoms with van der Waals surface area (Å²) >= 11 is 0. The van der Waals surface area contributed by atoms with E-state index >= 15 is 0 Å². The summed E-state index contributed by atoms with van der Waals surface area (Å²) < 4.78 is 0. The van der Waals surface area contributed by atoms with Gasteiger partial charge in [-0.25, -0.2) is 19.9 Å². The molecule has 5 heterocycles. The Labute approximate surface area is 252 Å². The summed E-state index contributed by atoms with van der Waals surface area (Å²) in [5, 5.41) is 0. The number of aryl methyl sites for hydroxylation is 6. The van der Waals surface area contributed by atoms with Crippen molar-refractivity contribution < 1.29 is 0 Å². The summed E-state index contributed by atoms with van der Waals surface area (Å²) in [6, 6.07) is 17.3. The molecule has 2 aliphatic rings. The molecular formula is C37H36N6. The second-order valence-electron chi connectivity index (χ2n) is 12.2. The molecule has 5 aromatic rings. The van der Waals surface area contributed by atoms with Crippen LogP contribution in [0, 0.1) is 41.5 Å². The Morgan fingerprint density at radius 3 is 1.70 bits per heavy atom. The van der Waals surface area contributed by atoms with E-state index in [0.717, 1.165) is 57.1 Å². The number of fused-ring (bicyclic) bond motifs is 8. The molecule has 0 spiro atoms. The maximum absolute atomic E-state index is 5.18. The van der Waals surface area contributed by atoms with E-state index in [1.165, 1.54) is 44.5 Å². The Bertz CT molecular complexity index is 2100. The number of aromatic amines is 2. The van der Waals surface area contributed by atoms with E-state index in [1.807, 2.05) is 18.2 Å². The van der Waals surface area contributed by atoms with Gasteiger partial charge in [0.25, 0.3) is 0 Å². The van der Waals surface area contributed by atoms with E-state index in [1.54, 1.807) is 0 Å². The molecule has 2 aliphatic heterocycles. The Hall–Kier alpha value is -4.84. The topological polar surface area (TPSA) is 83.1 Å². The number of benzene rings is 2. The number of nitrogens with zero attached hydrogens (tertiary/aromatic N) is 4. The zero-order valence-electron chi connectivity index (χ0n) is 25.8. The average molecular weight is 565 g/mol. The summed E-state index contributed by atoms with van der Waals surface area (Å²) in [4.78, 5) is 27.4. The SMILES string of the molecule is Cc1cc(C)c(-c2c3nc(nc4nc(c(-c5c(C)cc(C)cc5C)c5ccc(nc6ccc2[nH]6)[nH]5)C[C@H]4C)C=C3)c(C)c1. The van der Waals surface area contributed by atoms with Gasteiger partial charge in [0.05, 0.1) is 11.4 Å². The number of H-pyrrole nitrogens is 2. The summed E-state index contributed by atoms with van der Waals surface area (Å²) in [7, 11) is 0. The first kappa shape index (κ1) is 27.0. The first-order chi connectivity index (χ1) is 20.6. The zero-order chi connectivity index (χ0) is 30.0. The second kappa shape index (κ2) is 10.2. The van der Waals surface area contributed by atoms with Crippen LogP contribution >= 0.6 is 0 Å². The predicted octanol–water partition coefficient (Wildman–Crippen LogP) is 8.81. The number of aromatic nitrogens is 6. The van der Waals surface area contributed by atoms with Crippen molar-refractivity contribution in [3.05, 3.63) is 105 Å². The minimum atomic E-state index is 0.168. The van der Waals surface area contributed by atoms with Gasteiger partial charge in [0, 0.05) is 34.5 Å². The fraction of sp³-hybridized carbons (Fsp3) is 0.243. The number of hydrogen-bond acceptors (Lipinski definition) is 4. The van der Waals surface area contributed by atoms with Crippen molar-refractivity contribution >= 4 is 34.5 Å². The summed E-state index contributed by atoms with van der Waals surface area (Å²) in [6.07, 6.45) is 4.88. The molecule has 7 rings (SSSR count). The maximum atomic E-state index is 5.18. The molecule has 0 saturated carbocycles. The molecule has 43 heavy (non-hydrogen) atoms. The normalized spacial score (nSPS) is 14.4. The van der Waals surface area contributed by atoms with Gasteiger partial charge in [0.1, 0.15) is 17.1 Å². The van der Waals surface area contributed by atoms with Gasteiger partial charge in [-0.05, 0) is 111 Å². The Balaban J connectivity index is 1.60. The number of hydrogen-bond donors (Lipinski definition) is 2. The van der Waals surface area contributed by atoms with Gasteiger partial charge in [0.2, 0.25) is 0 Å². The van der Waals surface area contributed by atoms with E-state index in [0.29, 0.717) is 5.82 Å². The van der Waals surface area contributed by atoms with Crippen LogP contribution in [0.5, 0.6) is 0 Å². The molecular weight excluding hydrogens is 528 g/mol. The predicted molar refractivity (Wildman–Crippen MR) is 177 cm³/mol. The van der Waals surface area contributed by atoms with Crippen molar-refractivity contribution in [2.24, 2.45) is 0 Å². The molecule has 3 aromatic heterocycles. The van der Waals surface area contributed by atoms with Crippen molar-refractivity contribution in [1.82, 2.24) is 29.9 Å². The van der Waals surface area contributed by atoms with Crippen LogP contribution in [0.3, 0.4) is 0 Å². The maximum Gasteiger partial charge on any atom is 0.154 e. The lowest BCUT2D eigenvalue weighted by atomic mass is 9.91. The third kappa shape index (κ3) is 4.77. The van der Waals surface area contributed by atoms with Gasteiger partial charge in [0.15, 0.2) is 5.82 Å². The molecule has 8 bridgehead atoms. The highest BCUT2D eigenvalue weighted by Gasteiger charge is 2.24. The molecule has 6 heteroatoms. The fourth-order valence-electron chi connectivity index (χ4n) is 6.94. The molecule has 6 nitrogen and oxygen atoms in total. The molecule has 0 amide bonds. The highest BCUT2D eigenvalue weighted by molar-refractivity contribution is 5.92. The van der Waals surface area contributed by atoms with Crippen LogP contribution in [0.25, 0.3) is 56.7 Å². The van der Waals surface area contributed by atoms with Gasteiger partial charge in [-0.1, -0.05) is 42.3 Å². The van der Waals surface area contributed by atoms with E-state index in [4.69, 9.17) is 19.9 Å². The Morgan fingerprint density at radius 2 is 1.12 bits per heavy atom. The van der Waals surface area contributed by atoms with E-state index in [9.17, 15) is 0 Å². The van der Waals surface area contributed by atoms with Gasteiger partial charge < -0.3 is 9.97 Å². The van der Waals surface area contributed by atoms with Gasteiger partial charge in [-0.2, -0.15) is 0 Å². The first-order valence-electron chi connectivity index (χ1n) is 15.0. The quantitative estimate of drug-likeness (QED) is 0.220. The number of nitrogens with one attached hydrogen (secondary N) is 2. The molecule has 0 aliphatic carbocycles. The summed E-state index contributed by atoms with van der Waals surface area (Å²) in [5.74, 6) is 1.66. The largest absolute Gasteiger partial charge is 0.340 e. The van der Waals surface area contributed by atoms with E-state index in [2.05, 4.69) is 101 Å². The van der Waals surface area contributed by atoms with Gasteiger partial charge in [-0.3, -0.25) is 0 Å². The summed E-state index contributed by atoms with van der Waals surface area (Å²) in [6.45, 7) is 15.2. The summed E-state index contributed by atoms with van der Waals surface area (Å²) in [5.41, 5.74) is 17.4. The van der Waals surface area contributed by atoms with Crippen LogP contribution in [0.1, 0.15) is 69.3 Å². The van der Waals surface area contributed by atoms with Crippen molar-refractivity contribution in [2.75, 3.05) is 0 Å². The molecule has 0 saturated heterocycles. The molecule has 0 fully saturated rings. The average Bonchev–Trinajstić information content (AvgIpc) is 3.73. The Morgan fingerprint density at radius 1 is 0.581 bits per heavy atom. The van der Waals surface area contributed by atoms with Crippen LogP contribution in [-0.4, -0.2) is 29.9 Å². The Kier molecular flexibility index (Phi) is 6.38. The molecule has 214 valence electrons. The smallest absolute Gasteiger partial charge is 0.154 e. The van der Waals surface area contributed by atoms with Crippen molar-refractivity contribution in [3.63, 3.8) is 0 Å². The van der Waals surface area contributed by atoms with Gasteiger partial charge >= 0.3 is 0 Å². The van der Waals surface area contributed by atoms with Crippen molar-refractivity contribution in [1.29, 1.82) is 0 Å². The first-order valence-corrected chi connectivity index (χ1v) is 15.0. The van der Waals surface area contributed by atoms with Crippen LogP contribution in [0.2, 0.25) is 0 Å². The lowest BCUT2D eigenvalue weighted by molar-refractivity contribution is 0.762. The molecule has 2 N–H and O–H groups in total. The second-order valence-corrected chi connectivity index (χ2v) is 12.2. The standard InChI is InChI=1S/C37H36N6/c1-19-14-21(3)33(22(4)15-19)35-26-8-11-30(38-26)42-31-12-9-28(39-31)36(34-23(5)16-20(2)17-24(34)6)29-18-25(7)37(41-29)43-32-13-10-27(35)40-32/h8-17,25H,18H2,1-7H3,(H2,38,39,42)/t25-/m1/s1. The zero-order valence-corrected chi connectivity index (χ0v) is 25.8. The van der Waals surface area contributed by atoms with E-state index in [-0.39, 0.29) is 5.92 Å². The number of rotatable bonds is 2. The lowest BCUT2D eigenvalue weighted by Gasteiger charge is -2.13. The van der Waals surface area contributed by atoms with Crippen LogP contribution in [0.15, 0.2) is 48.5 Å². The lowest BCUT2D eigenvalue weighted by Crippen LogP contribution is -1.96. The molecule has 1 atom stereocenters. The highest BCUT2D eigenvalue weighted by atomic mass is 15.0. The van der Waals surface area contributed by atoms with Crippen LogP contribution < -0.4 is 0 Å². The van der Waals surface area contributed by atoms with Crippen LogP contribution in [0.4, 0.5) is 0 Å². The van der Waals surface area contributed by atoms with Crippen LogP contribution in [-0.2, 0) is 6.42 Å². The highest BCUT2D eigenvalue weighted by Crippen LogP contribution is 2.38. The van der Waals surface area contributed by atoms with Crippen molar-refractivity contribution in [3.8, 4) is 22.3 Å². The van der Waals surface area contributed by atoms with E-state index < -0.39 is 0 Å². The van der Waals surface area contributed by atoms with Gasteiger partial charge in [-0.15, -0.1) is 0 Å². The molecule has 0 unspecified atom stereocenters. The minimum absolute atomic E-state index is 0.168.